The van der Waals surface area contributed by atoms with Crippen molar-refractivity contribution in [3.63, 3.8) is 0 Å². The highest BCUT2D eigenvalue weighted by Crippen LogP contribution is 2.41. The molecule has 19 atom stereocenters. The van der Waals surface area contributed by atoms with Crippen molar-refractivity contribution in [2.75, 3.05) is 51.5 Å². The number of likely N-dealkylation sites (N-methyl/N-ethyl adjacent to an activating group) is 2. The van der Waals surface area contributed by atoms with E-state index in [1.807, 2.05) is 37.7 Å². The summed E-state index contributed by atoms with van der Waals surface area (Å²) in [5.41, 5.74) is 3.82. The predicted octanol–water partition coefficient (Wildman–Crippen LogP) is 4.52. The van der Waals surface area contributed by atoms with Crippen molar-refractivity contribution >= 4 is 23.4 Å². The number of halogens is 1. The Labute approximate surface area is 464 Å². The third-order valence-corrected chi connectivity index (χ3v) is 17.2. The lowest BCUT2D eigenvalue weighted by atomic mass is 9.77. The molecule has 0 aliphatic carbocycles. The highest BCUT2D eigenvalue weighted by molar-refractivity contribution is 5.90. The molecule has 1 amide bonds. The number of methoxy groups -OCH3 is 1. The number of carbonyl (C=O) groups is 2. The second kappa shape index (κ2) is 25.4. The molecule has 1 aromatic heterocycles. The molecule has 442 valence electrons. The Hall–Kier alpha value is -4.43. The van der Waals surface area contributed by atoms with Crippen LogP contribution in [0.4, 0.5) is 20.6 Å². The fourth-order valence-corrected chi connectivity index (χ4v) is 12.3. The van der Waals surface area contributed by atoms with Gasteiger partial charge in [-0.15, -0.1) is 5.10 Å². The van der Waals surface area contributed by atoms with Gasteiger partial charge in [-0.2, -0.15) is 0 Å². The quantitative estimate of drug-likeness (QED) is 0.0957. The van der Waals surface area contributed by atoms with Crippen molar-refractivity contribution in [3.8, 4) is 11.1 Å². The fraction of sp³-hybridized carbons (Fsp3) is 0.719. The number of aliphatic hydroxyl groups excluding tert-OH is 3. The van der Waals surface area contributed by atoms with Crippen molar-refractivity contribution in [1.29, 1.82) is 0 Å². The van der Waals surface area contributed by atoms with Gasteiger partial charge in [-0.3, -0.25) is 9.69 Å². The zero-order valence-corrected chi connectivity index (χ0v) is 48.3. The lowest BCUT2D eigenvalue weighted by Gasteiger charge is -2.49. The molecule has 22 heteroatoms. The Morgan fingerprint density at radius 1 is 0.924 bits per heavy atom. The van der Waals surface area contributed by atoms with Crippen molar-refractivity contribution in [2.24, 2.45) is 17.8 Å². The first kappa shape index (κ1) is 62.2. The molecule has 21 nitrogen and oxygen atoms in total. The molecule has 4 fully saturated rings. The Morgan fingerprint density at radius 2 is 1.62 bits per heavy atom. The Balaban J connectivity index is 1.07. The van der Waals surface area contributed by atoms with Gasteiger partial charge in [0.2, 0.25) is 0 Å². The number of hydrogen-bond donors (Lipinski definition) is 6. The number of rotatable bonds is 14. The van der Waals surface area contributed by atoms with E-state index in [1.165, 1.54) is 25.0 Å². The highest BCUT2D eigenvalue weighted by atomic mass is 19.1. The SMILES string of the molecule is CC[C@H]1OC(=O)[C@H](C)[C@@H](O[C@H]2C[C@@](C)(OC)[C@@H](O)[C@H](C)O2)[C@H](C)[C@@H](O[C@@H]2O[C@H](C)C[C@H](N(C)CCc3cn(C[C@H]4CN(c5ccc(-c6ccc(N)cc6)c(F)c5)C(=O)O4)nn3)[C@H]2O)[C@](C)(O)C[C@@H](C)CN(C)[C@H](C)[C@@H](O)[C@]1(C)O. The normalized spacial score (nSPS) is 38.6. The van der Waals surface area contributed by atoms with Gasteiger partial charge in [0.1, 0.15) is 41.9 Å². The maximum absolute atomic E-state index is 15.3. The van der Waals surface area contributed by atoms with Crippen LogP contribution in [-0.4, -0.2) is 200 Å². The number of hydrogen-bond acceptors (Lipinski definition) is 19. The van der Waals surface area contributed by atoms with E-state index < -0.39 is 126 Å². The van der Waals surface area contributed by atoms with Gasteiger partial charge in [-0.1, -0.05) is 38.1 Å². The van der Waals surface area contributed by atoms with E-state index >= 15 is 4.39 Å². The predicted molar refractivity (Wildman–Crippen MR) is 291 cm³/mol. The molecule has 0 unspecified atom stereocenters. The van der Waals surface area contributed by atoms with Crippen molar-refractivity contribution in [1.82, 2.24) is 24.8 Å². The van der Waals surface area contributed by atoms with Gasteiger partial charge in [0.25, 0.3) is 0 Å². The zero-order chi connectivity index (χ0) is 58.1. The van der Waals surface area contributed by atoms with E-state index in [4.69, 9.17) is 38.9 Å². The average molecular weight is 1110 g/mol. The number of anilines is 2. The van der Waals surface area contributed by atoms with Crippen LogP contribution in [0.15, 0.2) is 48.7 Å². The lowest BCUT2D eigenvalue weighted by molar-refractivity contribution is -0.318. The summed E-state index contributed by atoms with van der Waals surface area (Å²) in [5.74, 6) is -3.39. The summed E-state index contributed by atoms with van der Waals surface area (Å²) in [4.78, 5) is 32.8. The number of nitrogen functional groups attached to an aromatic ring is 1. The standard InChI is InChI=1S/C57H88FN7O14/c1-14-45-57(10,72)49(67)35(6)63(12)27-31(2)25-55(8,71)51(33(4)48(34(5)52(69)77-45)78-46-26-56(9,73-13)50(68)36(7)75-46)79-53-47(66)44(23-32(3)74-53)62(11)22-21-39-28-64(61-60-39)29-41-30-65(54(70)76-41)40-19-20-42(43(58)24-40)37-15-17-38(59)18-16-37/h15-20,24,28,31-36,41,44-51,53,66-68,71-72H,14,21-23,25-27,29-30,59H2,1-13H3/t31-,32-,33+,34-,35-,36+,41+,44+,45-,46+,47-,48+,49-,50+,51-,53+,55-,56-,57-/m1/s1. The van der Waals surface area contributed by atoms with E-state index in [-0.39, 0.29) is 38.3 Å². The Morgan fingerprint density at radius 3 is 2.28 bits per heavy atom. The van der Waals surface area contributed by atoms with E-state index in [0.717, 1.165) is 0 Å². The van der Waals surface area contributed by atoms with Crippen LogP contribution in [0.1, 0.15) is 101 Å². The molecule has 0 spiro atoms. The van der Waals surface area contributed by atoms with Crippen LogP contribution in [-0.2, 0) is 50.9 Å². The molecule has 79 heavy (non-hydrogen) atoms. The molecule has 3 aromatic rings. The first-order chi connectivity index (χ1) is 37.1. The molecule has 4 aliphatic rings. The number of amides is 1. The molecule has 4 saturated heterocycles. The summed E-state index contributed by atoms with van der Waals surface area (Å²) in [5, 5.41) is 68.6. The van der Waals surface area contributed by atoms with Crippen LogP contribution >= 0.6 is 0 Å². The number of cyclic esters (lactones) is 2. The number of ether oxygens (including phenoxy) is 7. The number of nitrogens with zero attached hydrogens (tertiary/aromatic N) is 6. The van der Waals surface area contributed by atoms with Crippen LogP contribution in [0.2, 0.25) is 0 Å². The maximum atomic E-state index is 15.3. The minimum absolute atomic E-state index is 0.0782. The fourth-order valence-electron chi connectivity index (χ4n) is 12.3. The largest absolute Gasteiger partial charge is 0.459 e. The number of aliphatic hydroxyl groups is 5. The molecule has 7 N–H and O–H groups in total. The first-order valence-corrected chi connectivity index (χ1v) is 27.9. The van der Waals surface area contributed by atoms with Gasteiger partial charge in [0.05, 0.1) is 66.0 Å². The van der Waals surface area contributed by atoms with Gasteiger partial charge in [0.15, 0.2) is 12.6 Å². The van der Waals surface area contributed by atoms with Crippen LogP contribution in [0.3, 0.4) is 0 Å². The highest BCUT2D eigenvalue weighted by Gasteiger charge is 2.53. The molecule has 4 aliphatic heterocycles. The van der Waals surface area contributed by atoms with Gasteiger partial charge in [-0.05, 0) is 124 Å². The van der Waals surface area contributed by atoms with Gasteiger partial charge < -0.3 is 74.2 Å². The third-order valence-electron chi connectivity index (χ3n) is 17.2. The molecule has 7 rings (SSSR count). The number of benzene rings is 2. The average Bonchev–Trinajstić information content (AvgIpc) is 4.07. The van der Waals surface area contributed by atoms with Crippen molar-refractivity contribution in [2.45, 2.75) is 204 Å². The molecule has 0 saturated carbocycles. The number of aromatic nitrogens is 3. The van der Waals surface area contributed by atoms with Gasteiger partial charge in [-0.25, -0.2) is 13.9 Å². The second-order valence-electron chi connectivity index (χ2n) is 23.8. The van der Waals surface area contributed by atoms with Crippen molar-refractivity contribution < 1.29 is 72.7 Å². The van der Waals surface area contributed by atoms with Crippen LogP contribution in [0, 0.1) is 23.6 Å². The monoisotopic (exact) mass is 1110 g/mol. The lowest BCUT2D eigenvalue weighted by Crippen LogP contribution is -2.61. The minimum atomic E-state index is -1.86. The number of esters is 1. The molecule has 2 aromatic carbocycles. The summed E-state index contributed by atoms with van der Waals surface area (Å²) < 4.78 is 60.9. The van der Waals surface area contributed by atoms with E-state index in [9.17, 15) is 35.1 Å². The minimum Gasteiger partial charge on any atom is -0.459 e. The molecule has 5 heterocycles. The van der Waals surface area contributed by atoms with E-state index in [1.54, 1.807) is 95.7 Å². The van der Waals surface area contributed by atoms with Crippen LogP contribution < -0.4 is 10.6 Å². The number of nitrogens with two attached hydrogens (primary N) is 1. The Bertz CT molecular complexity index is 2510. The summed E-state index contributed by atoms with van der Waals surface area (Å²) >= 11 is 0. The van der Waals surface area contributed by atoms with E-state index in [0.29, 0.717) is 54.1 Å². The van der Waals surface area contributed by atoms with Gasteiger partial charge in [0, 0.05) is 68.5 Å². The maximum Gasteiger partial charge on any atom is 0.414 e. The molecule has 0 radical (unpaired) electrons. The first-order valence-electron chi connectivity index (χ1n) is 27.9. The van der Waals surface area contributed by atoms with Crippen LogP contribution in [0.25, 0.3) is 11.1 Å². The summed E-state index contributed by atoms with van der Waals surface area (Å²) in [6.07, 6.45) is -8.50. The van der Waals surface area contributed by atoms with E-state index in [2.05, 4.69) is 10.3 Å². The second-order valence-corrected chi connectivity index (χ2v) is 23.8. The van der Waals surface area contributed by atoms with Gasteiger partial charge >= 0.3 is 12.1 Å². The Kier molecular flexibility index (Phi) is 20.0. The summed E-state index contributed by atoms with van der Waals surface area (Å²) in [7, 11) is 5.20. The smallest absolute Gasteiger partial charge is 0.414 e. The topological polar surface area (TPSA) is 266 Å². The molecule has 0 bridgehead atoms. The summed E-state index contributed by atoms with van der Waals surface area (Å²) in [6, 6.07) is 10.4. The third kappa shape index (κ3) is 14.1. The zero-order valence-electron chi connectivity index (χ0n) is 48.3. The van der Waals surface area contributed by atoms with Crippen molar-refractivity contribution in [3.05, 3.63) is 60.2 Å². The number of carbonyl (C=O) groups excluding carboxylic acids is 2. The summed E-state index contributed by atoms with van der Waals surface area (Å²) in [6.45, 7) is 18.6. The molecular formula is C57H88FN7O14. The van der Waals surface area contributed by atoms with Crippen LogP contribution in [0.5, 0.6) is 0 Å². The molecular weight excluding hydrogens is 1030 g/mol.